The van der Waals surface area contributed by atoms with Crippen molar-refractivity contribution in [3.63, 3.8) is 0 Å². The number of pyridine rings is 1. The predicted molar refractivity (Wildman–Crippen MR) is 204 cm³/mol. The van der Waals surface area contributed by atoms with Gasteiger partial charge in [-0.05, 0) is 125 Å². The van der Waals surface area contributed by atoms with Crippen LogP contribution in [0.1, 0.15) is 24.0 Å². The Labute approximate surface area is 292 Å². The molecule has 0 atom stereocenters. The van der Waals surface area contributed by atoms with Crippen LogP contribution in [0.25, 0.3) is 72.7 Å². The van der Waals surface area contributed by atoms with E-state index in [1.807, 2.05) is 42.6 Å². The molecular formula is C46H35N3O. The maximum absolute atomic E-state index is 11.5. The number of phenols is 1. The molecule has 2 aromatic heterocycles. The van der Waals surface area contributed by atoms with E-state index in [-0.39, 0.29) is 5.75 Å². The van der Waals surface area contributed by atoms with Gasteiger partial charge in [0.2, 0.25) is 0 Å². The van der Waals surface area contributed by atoms with Crippen LogP contribution < -0.4 is 0 Å². The van der Waals surface area contributed by atoms with Crippen LogP contribution in [0.5, 0.6) is 5.75 Å². The molecule has 0 aliphatic heterocycles. The van der Waals surface area contributed by atoms with E-state index in [0.29, 0.717) is 0 Å². The van der Waals surface area contributed by atoms with Crippen molar-refractivity contribution in [3.8, 4) is 67.5 Å². The Morgan fingerprint density at radius 1 is 0.500 bits per heavy atom. The number of hydrogen-bond acceptors (Lipinski definition) is 3. The average Bonchev–Trinajstić information content (AvgIpc) is 3.58. The Morgan fingerprint density at radius 3 is 1.88 bits per heavy atom. The average molecular weight is 646 g/mol. The number of rotatable bonds is 6. The molecule has 240 valence electrons. The van der Waals surface area contributed by atoms with Crippen molar-refractivity contribution >= 4 is 11.0 Å². The maximum atomic E-state index is 11.5. The monoisotopic (exact) mass is 645 g/mol. The second-order valence-corrected chi connectivity index (χ2v) is 13.1. The smallest absolute Gasteiger partial charge is 0.149 e. The van der Waals surface area contributed by atoms with Gasteiger partial charge in [0.25, 0.3) is 0 Å². The normalized spacial score (nSPS) is 12.6. The second kappa shape index (κ2) is 12.6. The fourth-order valence-electron chi connectivity index (χ4n) is 7.43. The molecule has 0 saturated heterocycles. The minimum atomic E-state index is 0.275. The van der Waals surface area contributed by atoms with E-state index in [2.05, 4.69) is 120 Å². The summed E-state index contributed by atoms with van der Waals surface area (Å²) in [6.45, 7) is 0. The van der Waals surface area contributed by atoms with Crippen LogP contribution >= 0.6 is 0 Å². The fourth-order valence-corrected chi connectivity index (χ4v) is 7.43. The second-order valence-electron chi connectivity index (χ2n) is 13.1. The Bertz CT molecular complexity index is 2480. The standard InChI is InChI=1S/C46H35N3O/c50-44-30-34-18-11-10-17-33(34)28-41(44)46-48-45-40(21-12-22-43(45)49(46)39-19-8-3-9-20-39)37-25-36(32-15-6-2-7-16-32)26-38(27-37)42-29-35(23-24-47-42)31-13-4-1-5-14-31/h1-9,12-16,19-30,50H,10-11,17-18H2. The summed E-state index contributed by atoms with van der Waals surface area (Å²) in [5, 5.41) is 11.5. The number of phenolic OH excluding ortho intramolecular Hbond substituents is 1. The number of aryl methyl sites for hydroxylation is 2. The van der Waals surface area contributed by atoms with Gasteiger partial charge in [0, 0.05) is 23.0 Å². The van der Waals surface area contributed by atoms with E-state index in [1.165, 1.54) is 17.5 Å². The highest BCUT2D eigenvalue weighted by atomic mass is 16.3. The molecule has 4 nitrogen and oxygen atoms in total. The summed E-state index contributed by atoms with van der Waals surface area (Å²) in [5.41, 5.74) is 14.7. The lowest BCUT2D eigenvalue weighted by atomic mass is 9.90. The predicted octanol–water partition coefficient (Wildman–Crippen LogP) is 11.3. The van der Waals surface area contributed by atoms with E-state index < -0.39 is 0 Å². The molecule has 1 aliphatic rings. The van der Waals surface area contributed by atoms with Gasteiger partial charge in [-0.15, -0.1) is 0 Å². The molecule has 1 aliphatic carbocycles. The van der Waals surface area contributed by atoms with Crippen molar-refractivity contribution in [1.82, 2.24) is 14.5 Å². The molecule has 0 bridgehead atoms. The minimum Gasteiger partial charge on any atom is -0.507 e. The number of benzene rings is 6. The number of aromatic hydroxyl groups is 1. The Hall–Kier alpha value is -6.26. The molecule has 8 aromatic rings. The van der Waals surface area contributed by atoms with Gasteiger partial charge in [0.05, 0.1) is 22.3 Å². The number of imidazole rings is 1. The molecule has 0 spiro atoms. The molecule has 9 rings (SSSR count). The Kier molecular flexibility index (Phi) is 7.55. The first-order valence-electron chi connectivity index (χ1n) is 17.3. The van der Waals surface area contributed by atoms with Gasteiger partial charge in [-0.2, -0.15) is 0 Å². The fraction of sp³-hybridized carbons (Fsp3) is 0.0870. The van der Waals surface area contributed by atoms with Crippen molar-refractivity contribution in [1.29, 1.82) is 0 Å². The zero-order chi connectivity index (χ0) is 33.4. The zero-order valence-electron chi connectivity index (χ0n) is 27.6. The summed E-state index contributed by atoms with van der Waals surface area (Å²) < 4.78 is 2.19. The summed E-state index contributed by atoms with van der Waals surface area (Å²) in [5.74, 6) is 1.01. The van der Waals surface area contributed by atoms with E-state index in [9.17, 15) is 5.11 Å². The van der Waals surface area contributed by atoms with Crippen LogP contribution in [0.15, 0.2) is 158 Å². The first-order chi connectivity index (χ1) is 24.7. The molecule has 6 aromatic carbocycles. The zero-order valence-corrected chi connectivity index (χ0v) is 27.6. The van der Waals surface area contributed by atoms with Crippen molar-refractivity contribution in [2.45, 2.75) is 25.7 Å². The van der Waals surface area contributed by atoms with Gasteiger partial charge in [-0.1, -0.05) is 91.0 Å². The van der Waals surface area contributed by atoms with Gasteiger partial charge in [0.15, 0.2) is 0 Å². The quantitative estimate of drug-likeness (QED) is 0.196. The third kappa shape index (κ3) is 5.45. The topological polar surface area (TPSA) is 50.9 Å². The summed E-state index contributed by atoms with van der Waals surface area (Å²) in [4.78, 5) is 10.3. The van der Waals surface area contributed by atoms with Gasteiger partial charge >= 0.3 is 0 Å². The SMILES string of the molecule is Oc1cc2c(cc1-c1nc3c(-c4cc(-c5ccccc5)cc(-c5cc(-c6ccccc6)ccn5)c4)cccc3n1-c1ccccc1)CCCC2. The highest BCUT2D eigenvalue weighted by molar-refractivity contribution is 5.97. The minimum absolute atomic E-state index is 0.275. The van der Waals surface area contributed by atoms with Gasteiger partial charge in [-0.3, -0.25) is 9.55 Å². The molecule has 0 radical (unpaired) electrons. The molecule has 2 heterocycles. The summed E-state index contributed by atoms with van der Waals surface area (Å²) >= 11 is 0. The molecule has 1 N–H and O–H groups in total. The molecule has 50 heavy (non-hydrogen) atoms. The third-order valence-corrected chi connectivity index (χ3v) is 9.91. The van der Waals surface area contributed by atoms with Crippen molar-refractivity contribution < 1.29 is 5.11 Å². The van der Waals surface area contributed by atoms with E-state index in [4.69, 9.17) is 9.97 Å². The molecule has 0 saturated carbocycles. The molecule has 0 fully saturated rings. The van der Waals surface area contributed by atoms with Crippen LogP contribution in [0.3, 0.4) is 0 Å². The lowest BCUT2D eigenvalue weighted by Crippen LogP contribution is -2.04. The van der Waals surface area contributed by atoms with Crippen LogP contribution in [0, 0.1) is 0 Å². The molecule has 0 amide bonds. The summed E-state index contributed by atoms with van der Waals surface area (Å²) in [6.07, 6.45) is 6.25. The number of fused-ring (bicyclic) bond motifs is 2. The van der Waals surface area contributed by atoms with Crippen LogP contribution in [0.2, 0.25) is 0 Å². The summed E-state index contributed by atoms with van der Waals surface area (Å²) in [7, 11) is 0. The van der Waals surface area contributed by atoms with Gasteiger partial charge in [0.1, 0.15) is 11.6 Å². The number of nitrogens with zero attached hydrogens (tertiary/aromatic N) is 3. The molecule has 0 unspecified atom stereocenters. The number of aromatic nitrogens is 3. The highest BCUT2D eigenvalue weighted by Gasteiger charge is 2.22. The van der Waals surface area contributed by atoms with Crippen LogP contribution in [-0.4, -0.2) is 19.6 Å². The number of para-hydroxylation sites is 2. The van der Waals surface area contributed by atoms with Gasteiger partial charge < -0.3 is 5.11 Å². The molecule has 4 heteroatoms. The van der Waals surface area contributed by atoms with E-state index in [1.54, 1.807) is 0 Å². The van der Waals surface area contributed by atoms with Crippen molar-refractivity contribution in [2.24, 2.45) is 0 Å². The van der Waals surface area contributed by atoms with Crippen molar-refractivity contribution in [3.05, 3.63) is 169 Å². The first-order valence-corrected chi connectivity index (χ1v) is 17.3. The molecular weight excluding hydrogens is 611 g/mol. The first kappa shape index (κ1) is 29.8. The van der Waals surface area contributed by atoms with Crippen molar-refractivity contribution in [2.75, 3.05) is 0 Å². The largest absolute Gasteiger partial charge is 0.507 e. The van der Waals surface area contributed by atoms with Crippen LogP contribution in [0.4, 0.5) is 0 Å². The lowest BCUT2D eigenvalue weighted by Gasteiger charge is -2.18. The number of hydrogen-bond donors (Lipinski definition) is 1. The Morgan fingerprint density at radius 2 is 1.14 bits per heavy atom. The Balaban J connectivity index is 1.27. The maximum Gasteiger partial charge on any atom is 0.149 e. The van der Waals surface area contributed by atoms with Gasteiger partial charge in [-0.25, -0.2) is 4.98 Å². The highest BCUT2D eigenvalue weighted by Crippen LogP contribution is 2.41. The lowest BCUT2D eigenvalue weighted by molar-refractivity contribution is 0.474. The third-order valence-electron chi connectivity index (χ3n) is 9.91. The van der Waals surface area contributed by atoms with Crippen LogP contribution in [-0.2, 0) is 12.8 Å². The summed E-state index contributed by atoms with van der Waals surface area (Å²) in [6, 6.07) is 52.8. The van der Waals surface area contributed by atoms with E-state index >= 15 is 0 Å². The van der Waals surface area contributed by atoms with E-state index in [0.717, 1.165) is 92.0 Å².